The molecule has 0 N–H and O–H groups in total. The summed E-state index contributed by atoms with van der Waals surface area (Å²) in [5, 5.41) is 9.51. The van der Waals surface area contributed by atoms with Crippen molar-refractivity contribution in [2.75, 3.05) is 56.7 Å². The zero-order chi connectivity index (χ0) is 31.8. The molecule has 1 aromatic carbocycles. The highest BCUT2D eigenvalue weighted by Crippen LogP contribution is 2.47. The average Bonchev–Trinajstić information content (AvgIpc) is 3.73. The molecule has 44 heavy (non-hydrogen) atoms. The Labute approximate surface area is 260 Å². The maximum Gasteiger partial charge on any atom is 0.418 e. The minimum absolute atomic E-state index is 0.0111. The van der Waals surface area contributed by atoms with Gasteiger partial charge >= 0.3 is 12.2 Å². The van der Waals surface area contributed by atoms with Gasteiger partial charge in [0.1, 0.15) is 5.82 Å². The highest BCUT2D eigenvalue weighted by Gasteiger charge is 2.44. The second-order valence-corrected chi connectivity index (χ2v) is 12.7. The van der Waals surface area contributed by atoms with E-state index in [0.29, 0.717) is 44.2 Å². The van der Waals surface area contributed by atoms with Crippen LogP contribution in [0.15, 0.2) is 30.9 Å². The number of halogens is 4. The predicted octanol–water partition coefficient (Wildman–Crippen LogP) is 4.94. The zero-order valence-electron chi connectivity index (χ0n) is 25.2. The molecule has 3 aliphatic rings. The van der Waals surface area contributed by atoms with Crippen LogP contribution in [0.3, 0.4) is 0 Å². The maximum atomic E-state index is 14.1. The van der Waals surface area contributed by atoms with Gasteiger partial charge in [-0.1, -0.05) is 24.2 Å². The molecular weight excluding hydrogens is 595 g/mol. The molecule has 2 atom stereocenters. The van der Waals surface area contributed by atoms with Crippen molar-refractivity contribution in [1.82, 2.24) is 19.8 Å². The molecule has 1 saturated carbocycles. The summed E-state index contributed by atoms with van der Waals surface area (Å²) >= 11 is 6.41. The van der Waals surface area contributed by atoms with Crippen molar-refractivity contribution in [3.8, 4) is 12.1 Å². The molecule has 9 nitrogen and oxygen atoms in total. The first kappa shape index (κ1) is 31.9. The molecule has 2 aromatic rings. The SMILES string of the molecule is C=CC(=O)N1CCN(c2nc(OCC3(CN(C)C)CC3)nc3c2C[C@@H](C)N(c2c(Cl)cccc2C(F)(F)F)C3)C[C@@H]1CC#N. The lowest BCUT2D eigenvalue weighted by atomic mass is 9.96. The monoisotopic (exact) mass is 631 g/mol. The highest BCUT2D eigenvalue weighted by atomic mass is 35.5. The first-order valence-corrected chi connectivity index (χ1v) is 15.1. The van der Waals surface area contributed by atoms with Gasteiger partial charge in [-0.15, -0.1) is 0 Å². The maximum absolute atomic E-state index is 14.1. The van der Waals surface area contributed by atoms with Gasteiger partial charge in [-0.3, -0.25) is 4.79 Å². The van der Waals surface area contributed by atoms with E-state index in [-0.39, 0.29) is 53.1 Å². The van der Waals surface area contributed by atoms with Crippen LogP contribution in [0, 0.1) is 16.7 Å². The Kier molecular flexibility index (Phi) is 9.01. The van der Waals surface area contributed by atoms with Crippen molar-refractivity contribution in [3.05, 3.63) is 52.7 Å². The number of nitrogens with zero attached hydrogens (tertiary/aromatic N) is 7. The van der Waals surface area contributed by atoms with Crippen molar-refractivity contribution in [3.63, 3.8) is 0 Å². The highest BCUT2D eigenvalue weighted by molar-refractivity contribution is 6.33. The van der Waals surface area contributed by atoms with Crippen molar-refractivity contribution in [1.29, 1.82) is 5.26 Å². The Balaban J connectivity index is 1.53. The molecule has 0 spiro atoms. The number of rotatable bonds is 9. The number of hydrogen-bond donors (Lipinski definition) is 0. The Morgan fingerprint density at radius 3 is 2.68 bits per heavy atom. The number of carbonyl (C=O) groups is 1. The Bertz CT molecular complexity index is 1460. The molecular formula is C31H37ClF3N7O2. The number of aromatic nitrogens is 2. The van der Waals surface area contributed by atoms with Gasteiger partial charge in [0.2, 0.25) is 5.91 Å². The minimum atomic E-state index is -4.59. The molecule has 1 aliphatic carbocycles. The number of para-hydroxylation sites is 1. The number of carbonyl (C=O) groups excluding carboxylic acids is 1. The van der Waals surface area contributed by atoms with Crippen LogP contribution in [0.25, 0.3) is 0 Å². The molecule has 0 radical (unpaired) electrons. The van der Waals surface area contributed by atoms with Gasteiger partial charge in [0.25, 0.3) is 0 Å². The van der Waals surface area contributed by atoms with Gasteiger partial charge in [-0.25, -0.2) is 0 Å². The summed E-state index contributed by atoms with van der Waals surface area (Å²) in [6.07, 6.45) is -0.787. The van der Waals surface area contributed by atoms with Crippen LogP contribution in [0.4, 0.5) is 24.7 Å². The molecule has 5 rings (SSSR count). The Morgan fingerprint density at radius 1 is 1.30 bits per heavy atom. The van der Waals surface area contributed by atoms with Crippen molar-refractivity contribution < 1.29 is 22.7 Å². The van der Waals surface area contributed by atoms with Gasteiger partial charge in [0.05, 0.1) is 53.7 Å². The van der Waals surface area contributed by atoms with Crippen molar-refractivity contribution in [2.24, 2.45) is 5.41 Å². The van der Waals surface area contributed by atoms with Crippen LogP contribution in [0.1, 0.15) is 43.0 Å². The van der Waals surface area contributed by atoms with E-state index in [4.69, 9.17) is 26.3 Å². The first-order valence-electron chi connectivity index (χ1n) is 14.7. The third kappa shape index (κ3) is 6.59. The van der Waals surface area contributed by atoms with Crippen LogP contribution < -0.4 is 14.5 Å². The quantitative estimate of drug-likeness (QED) is 0.360. The normalized spacial score (nSPS) is 21.1. The second-order valence-electron chi connectivity index (χ2n) is 12.3. The van der Waals surface area contributed by atoms with Crippen molar-refractivity contribution in [2.45, 2.75) is 57.4 Å². The van der Waals surface area contributed by atoms with Crippen LogP contribution in [-0.2, 0) is 23.9 Å². The van der Waals surface area contributed by atoms with Gasteiger partial charge in [0.15, 0.2) is 0 Å². The number of nitriles is 1. The van der Waals surface area contributed by atoms with E-state index in [1.54, 1.807) is 9.80 Å². The number of fused-ring (bicyclic) bond motifs is 1. The van der Waals surface area contributed by atoms with Gasteiger partial charge < -0.3 is 24.3 Å². The largest absolute Gasteiger partial charge is 0.463 e. The van der Waals surface area contributed by atoms with Gasteiger partial charge in [0, 0.05) is 43.2 Å². The molecule has 3 heterocycles. The first-order chi connectivity index (χ1) is 20.9. The number of anilines is 2. The van der Waals surface area contributed by atoms with E-state index in [1.165, 1.54) is 18.2 Å². The lowest BCUT2D eigenvalue weighted by Gasteiger charge is -2.43. The molecule has 236 valence electrons. The zero-order valence-corrected chi connectivity index (χ0v) is 26.0. The molecule has 2 aliphatic heterocycles. The molecule has 1 aromatic heterocycles. The number of benzene rings is 1. The third-order valence-electron chi connectivity index (χ3n) is 8.66. The summed E-state index contributed by atoms with van der Waals surface area (Å²) in [6, 6.07) is 5.42. The lowest BCUT2D eigenvalue weighted by Crippen LogP contribution is -2.55. The van der Waals surface area contributed by atoms with Crippen LogP contribution in [0.5, 0.6) is 6.01 Å². The number of amides is 1. The van der Waals surface area contributed by atoms with E-state index in [9.17, 15) is 23.2 Å². The number of alkyl halides is 3. The third-order valence-corrected chi connectivity index (χ3v) is 8.97. The molecule has 2 fully saturated rings. The minimum Gasteiger partial charge on any atom is -0.463 e. The molecule has 0 bridgehead atoms. The summed E-state index contributed by atoms with van der Waals surface area (Å²) < 4.78 is 48.5. The smallest absolute Gasteiger partial charge is 0.418 e. The van der Waals surface area contributed by atoms with E-state index in [0.717, 1.165) is 31.0 Å². The molecule has 13 heteroatoms. The van der Waals surface area contributed by atoms with E-state index in [1.807, 2.05) is 25.9 Å². The summed E-state index contributed by atoms with van der Waals surface area (Å²) in [6.45, 7) is 8.00. The number of hydrogen-bond acceptors (Lipinski definition) is 8. The fourth-order valence-corrected chi connectivity index (χ4v) is 6.65. The fraction of sp³-hybridized carbons (Fsp3) is 0.548. The molecule has 0 unspecified atom stereocenters. The Hall–Kier alpha value is -3.56. The van der Waals surface area contributed by atoms with Gasteiger partial charge in [-0.05, 0) is 58.5 Å². The van der Waals surface area contributed by atoms with E-state index < -0.39 is 11.7 Å². The van der Waals surface area contributed by atoms with E-state index >= 15 is 0 Å². The summed E-state index contributed by atoms with van der Waals surface area (Å²) in [7, 11) is 4.03. The predicted molar refractivity (Wildman–Crippen MR) is 162 cm³/mol. The standard InChI is InChI=1S/C31H37ClF3N7O2/c1-5-26(43)41-14-13-40(16-21(41)9-12-36)28-22-15-20(2)42(27-23(31(33,34)35)7-6-8-24(27)32)17-25(22)37-29(38-28)44-19-30(10-11-30)18-39(3)4/h5-8,20-21H,1,9-11,13-19H2,2-4H3/t20-,21+/m1/s1. The van der Waals surface area contributed by atoms with Crippen LogP contribution >= 0.6 is 11.6 Å². The molecule has 1 amide bonds. The van der Waals surface area contributed by atoms with Crippen LogP contribution in [-0.4, -0.2) is 84.6 Å². The average molecular weight is 632 g/mol. The topological polar surface area (TPSA) is 88.8 Å². The van der Waals surface area contributed by atoms with Gasteiger partial charge in [-0.2, -0.15) is 28.4 Å². The Morgan fingerprint density at radius 2 is 2.05 bits per heavy atom. The van der Waals surface area contributed by atoms with E-state index in [2.05, 4.69) is 17.5 Å². The summed E-state index contributed by atoms with van der Waals surface area (Å²) in [4.78, 5) is 29.6. The molecule has 1 saturated heterocycles. The number of piperazine rings is 1. The summed E-state index contributed by atoms with van der Waals surface area (Å²) in [5.41, 5.74) is 0.520. The van der Waals surface area contributed by atoms with Crippen LogP contribution in [0.2, 0.25) is 5.02 Å². The fourth-order valence-electron chi connectivity index (χ4n) is 6.37. The second kappa shape index (κ2) is 12.4. The van der Waals surface area contributed by atoms with Crippen molar-refractivity contribution >= 4 is 29.0 Å². The lowest BCUT2D eigenvalue weighted by molar-refractivity contribution is -0.137. The number of ether oxygens (including phenoxy) is 1. The summed E-state index contributed by atoms with van der Waals surface area (Å²) in [5.74, 6) is 0.386.